The number of hydrogen-bond acceptors (Lipinski definition) is 6. The van der Waals surface area contributed by atoms with Crippen LogP contribution in [-0.4, -0.2) is 34.6 Å². The van der Waals surface area contributed by atoms with Crippen LogP contribution in [0.15, 0.2) is 58.3 Å². The number of aliphatic hydroxyl groups is 2. The number of benzene rings is 2. The number of ether oxygens (including phenoxy) is 2. The van der Waals surface area contributed by atoms with E-state index in [0.717, 1.165) is 21.3 Å². The van der Waals surface area contributed by atoms with Gasteiger partial charge in [0.1, 0.15) is 22.7 Å². The molecule has 0 bridgehead atoms. The van der Waals surface area contributed by atoms with Gasteiger partial charge in [0.05, 0.1) is 13.2 Å². The minimum Gasteiger partial charge on any atom is -0.485 e. The van der Waals surface area contributed by atoms with Crippen LogP contribution >= 0.6 is 21.6 Å². The van der Waals surface area contributed by atoms with Crippen LogP contribution in [0.25, 0.3) is 0 Å². The van der Waals surface area contributed by atoms with E-state index in [0.29, 0.717) is 0 Å². The summed E-state index contributed by atoms with van der Waals surface area (Å²) >= 11 is 0. The van der Waals surface area contributed by atoms with Crippen LogP contribution in [0.2, 0.25) is 0 Å². The molecule has 0 spiro atoms. The Labute approximate surface area is 163 Å². The second-order valence-electron chi connectivity index (χ2n) is 7.15. The first-order valence-electron chi connectivity index (χ1n) is 8.37. The summed E-state index contributed by atoms with van der Waals surface area (Å²) in [5.74, 6) is 1.48. The molecule has 0 aliphatic rings. The van der Waals surface area contributed by atoms with Gasteiger partial charge in [-0.05, 0) is 76.2 Å². The van der Waals surface area contributed by atoms with E-state index in [1.54, 1.807) is 21.6 Å². The van der Waals surface area contributed by atoms with Gasteiger partial charge in [-0.2, -0.15) is 0 Å². The summed E-state index contributed by atoms with van der Waals surface area (Å²) in [5, 5.41) is 18.5. The Bertz CT molecular complexity index is 620. The summed E-state index contributed by atoms with van der Waals surface area (Å²) in [5.41, 5.74) is -1.17. The van der Waals surface area contributed by atoms with Crippen LogP contribution in [0.4, 0.5) is 0 Å². The van der Waals surface area contributed by atoms with Gasteiger partial charge in [0.2, 0.25) is 0 Å². The lowest BCUT2D eigenvalue weighted by Gasteiger charge is -2.24. The number of hydrogen-bond donors (Lipinski definition) is 2. The van der Waals surface area contributed by atoms with E-state index in [1.165, 1.54) is 0 Å². The van der Waals surface area contributed by atoms with Crippen molar-refractivity contribution >= 4 is 21.6 Å². The van der Waals surface area contributed by atoms with Crippen molar-refractivity contribution in [2.75, 3.05) is 13.2 Å². The summed E-state index contributed by atoms with van der Waals surface area (Å²) < 4.78 is 11.5. The molecule has 0 aliphatic heterocycles. The van der Waals surface area contributed by atoms with Gasteiger partial charge >= 0.3 is 0 Å². The molecule has 0 atom stereocenters. The molecule has 2 rings (SSSR count). The molecular weight excluding hydrogens is 368 g/mol. The van der Waals surface area contributed by atoms with Gasteiger partial charge in [-0.15, -0.1) is 0 Å². The molecule has 4 nitrogen and oxygen atoms in total. The smallest absolute Gasteiger partial charge is 0.126 e. The standard InChI is InChI=1S/C20H26O4S2/c1-19(2,13-21)23-15-5-9-17(10-6-15)25-26-18-11-7-16(8-12-18)24-20(3,4)14-22/h5-12,21-22H,13-14H2,1-4H3. The predicted octanol–water partition coefficient (Wildman–Crippen LogP) is 4.79. The summed E-state index contributed by atoms with van der Waals surface area (Å²) in [6, 6.07) is 15.7. The topological polar surface area (TPSA) is 58.9 Å². The molecule has 0 fully saturated rings. The molecule has 0 aliphatic carbocycles. The maximum absolute atomic E-state index is 9.26. The fourth-order valence-corrected chi connectivity index (χ4v) is 3.86. The molecule has 0 radical (unpaired) electrons. The van der Waals surface area contributed by atoms with Crippen LogP contribution in [-0.2, 0) is 0 Å². The second kappa shape index (κ2) is 9.04. The molecule has 0 amide bonds. The van der Waals surface area contributed by atoms with Crippen molar-refractivity contribution < 1.29 is 19.7 Å². The third-order valence-corrected chi connectivity index (χ3v) is 5.85. The summed E-state index contributed by atoms with van der Waals surface area (Å²) in [6.07, 6.45) is 0. The zero-order valence-corrected chi connectivity index (χ0v) is 17.2. The van der Waals surface area contributed by atoms with E-state index < -0.39 is 11.2 Å². The fourth-order valence-electron chi connectivity index (χ4n) is 1.93. The summed E-state index contributed by atoms with van der Waals surface area (Å²) in [6.45, 7) is 7.32. The molecule has 26 heavy (non-hydrogen) atoms. The molecule has 6 heteroatoms. The molecule has 0 unspecified atom stereocenters. The Morgan fingerprint density at radius 1 is 0.654 bits per heavy atom. The second-order valence-corrected chi connectivity index (χ2v) is 9.43. The minimum atomic E-state index is -0.585. The van der Waals surface area contributed by atoms with E-state index >= 15 is 0 Å². The average molecular weight is 395 g/mol. The van der Waals surface area contributed by atoms with Gasteiger partial charge in [-0.3, -0.25) is 0 Å². The van der Waals surface area contributed by atoms with Gasteiger partial charge in [0.15, 0.2) is 0 Å². The molecule has 0 heterocycles. The highest BCUT2D eigenvalue weighted by Crippen LogP contribution is 2.38. The summed E-state index contributed by atoms with van der Waals surface area (Å²) in [4.78, 5) is 2.23. The van der Waals surface area contributed by atoms with Gasteiger partial charge in [-0.25, -0.2) is 0 Å². The van der Waals surface area contributed by atoms with Crippen LogP contribution in [0.1, 0.15) is 27.7 Å². The Balaban J connectivity index is 1.88. The highest BCUT2D eigenvalue weighted by Gasteiger charge is 2.18. The molecule has 2 N–H and O–H groups in total. The lowest BCUT2D eigenvalue weighted by molar-refractivity contribution is 0.0411. The third kappa shape index (κ3) is 6.76. The lowest BCUT2D eigenvalue weighted by atomic mass is 10.1. The van der Waals surface area contributed by atoms with E-state index in [4.69, 9.17) is 9.47 Å². The molecule has 2 aromatic carbocycles. The van der Waals surface area contributed by atoms with Gasteiger partial charge in [0, 0.05) is 9.79 Å². The van der Waals surface area contributed by atoms with E-state index in [1.807, 2.05) is 76.2 Å². The third-order valence-electron chi connectivity index (χ3n) is 3.43. The zero-order chi connectivity index (χ0) is 19.2. The Morgan fingerprint density at radius 2 is 0.962 bits per heavy atom. The van der Waals surface area contributed by atoms with Gasteiger partial charge < -0.3 is 19.7 Å². The molecule has 0 saturated heterocycles. The molecule has 2 aromatic rings. The van der Waals surface area contributed by atoms with Crippen molar-refractivity contribution in [2.45, 2.75) is 48.7 Å². The van der Waals surface area contributed by atoms with E-state index in [2.05, 4.69) is 0 Å². The van der Waals surface area contributed by atoms with Crippen molar-refractivity contribution in [2.24, 2.45) is 0 Å². The fraction of sp³-hybridized carbons (Fsp3) is 0.400. The van der Waals surface area contributed by atoms with E-state index in [-0.39, 0.29) is 13.2 Å². The maximum Gasteiger partial charge on any atom is 0.126 e. The van der Waals surface area contributed by atoms with E-state index in [9.17, 15) is 10.2 Å². The van der Waals surface area contributed by atoms with Crippen molar-refractivity contribution in [3.8, 4) is 11.5 Å². The minimum absolute atomic E-state index is 0.0332. The quantitative estimate of drug-likeness (QED) is 0.597. The van der Waals surface area contributed by atoms with Crippen molar-refractivity contribution in [1.29, 1.82) is 0 Å². The lowest BCUT2D eigenvalue weighted by Crippen LogP contribution is -2.32. The molecular formula is C20H26O4S2. The molecule has 0 aromatic heterocycles. The number of aliphatic hydroxyl groups excluding tert-OH is 2. The highest BCUT2D eigenvalue weighted by atomic mass is 33.1. The predicted molar refractivity (Wildman–Crippen MR) is 108 cm³/mol. The van der Waals surface area contributed by atoms with Crippen LogP contribution in [0.5, 0.6) is 11.5 Å². The SMILES string of the molecule is CC(C)(CO)Oc1ccc(SSc2ccc(OC(C)(C)CO)cc2)cc1. The molecule has 142 valence electrons. The maximum atomic E-state index is 9.26. The van der Waals surface area contributed by atoms with Gasteiger partial charge in [0.25, 0.3) is 0 Å². The Morgan fingerprint density at radius 3 is 1.23 bits per heavy atom. The van der Waals surface area contributed by atoms with Crippen molar-refractivity contribution in [3.05, 3.63) is 48.5 Å². The normalized spacial score (nSPS) is 12.1. The van der Waals surface area contributed by atoms with Crippen molar-refractivity contribution in [1.82, 2.24) is 0 Å². The van der Waals surface area contributed by atoms with Gasteiger partial charge in [-0.1, -0.05) is 21.6 Å². The monoisotopic (exact) mass is 394 g/mol. The first-order valence-corrected chi connectivity index (χ1v) is 10.5. The Hall–Kier alpha value is -1.34. The van der Waals surface area contributed by atoms with Crippen LogP contribution in [0, 0.1) is 0 Å². The molecule has 0 saturated carbocycles. The van der Waals surface area contributed by atoms with Crippen LogP contribution < -0.4 is 9.47 Å². The Kier molecular flexibility index (Phi) is 7.29. The van der Waals surface area contributed by atoms with Crippen molar-refractivity contribution in [3.63, 3.8) is 0 Å². The highest BCUT2D eigenvalue weighted by molar-refractivity contribution is 8.76. The first kappa shape index (κ1) is 21.0. The zero-order valence-electron chi connectivity index (χ0n) is 15.6. The van der Waals surface area contributed by atoms with Crippen LogP contribution in [0.3, 0.4) is 0 Å². The summed E-state index contributed by atoms with van der Waals surface area (Å²) in [7, 11) is 3.32. The largest absolute Gasteiger partial charge is 0.485 e. The number of rotatable bonds is 9. The average Bonchev–Trinajstić information content (AvgIpc) is 2.62. The first-order chi connectivity index (χ1) is 12.2.